The summed E-state index contributed by atoms with van der Waals surface area (Å²) in [5.74, 6) is -1.20. The Morgan fingerprint density at radius 2 is 1.84 bits per heavy atom. The number of nitrogens with one attached hydrogen (secondary N) is 1. The number of thioether (sulfide) groups is 1. The number of amides is 3. The van der Waals surface area contributed by atoms with Crippen LogP contribution < -0.4 is 5.32 Å². The number of nitrogens with zero attached hydrogens (tertiary/aromatic N) is 2. The number of rotatable bonds is 7. The molecule has 37 heavy (non-hydrogen) atoms. The summed E-state index contributed by atoms with van der Waals surface area (Å²) < 4.78 is 0. The quantitative estimate of drug-likeness (QED) is 0.197. The second-order valence-corrected chi connectivity index (χ2v) is 10.7. The van der Waals surface area contributed by atoms with Crippen molar-refractivity contribution in [3.05, 3.63) is 97.4 Å². The highest BCUT2D eigenvalue weighted by Crippen LogP contribution is 2.37. The SMILES string of the molecule is Cc1ccc(Sc2ccc(C=C3SC(=O)N(CC(=O)Nc4cc(Cl)ccc4C)C3=O)cc2[N+](=O)[O-])cc1. The van der Waals surface area contributed by atoms with E-state index in [1.165, 1.54) is 23.9 Å². The number of nitro benzene ring substituents is 1. The number of benzene rings is 3. The number of aryl methyl sites for hydroxylation is 2. The largest absolute Gasteiger partial charge is 0.324 e. The number of imide groups is 1. The molecule has 1 aliphatic heterocycles. The highest BCUT2D eigenvalue weighted by Gasteiger charge is 2.36. The Morgan fingerprint density at radius 3 is 2.54 bits per heavy atom. The lowest BCUT2D eigenvalue weighted by atomic mass is 10.2. The monoisotopic (exact) mass is 553 g/mol. The van der Waals surface area contributed by atoms with Gasteiger partial charge in [-0.15, -0.1) is 0 Å². The van der Waals surface area contributed by atoms with Gasteiger partial charge in [0.1, 0.15) is 6.54 Å². The molecule has 0 radical (unpaired) electrons. The summed E-state index contributed by atoms with van der Waals surface area (Å²) in [4.78, 5) is 51.3. The summed E-state index contributed by atoms with van der Waals surface area (Å²) in [5.41, 5.74) is 2.62. The average Bonchev–Trinajstić information content (AvgIpc) is 3.10. The molecule has 8 nitrogen and oxygen atoms in total. The highest BCUT2D eigenvalue weighted by molar-refractivity contribution is 8.18. The molecule has 0 spiro atoms. The minimum absolute atomic E-state index is 0.0740. The van der Waals surface area contributed by atoms with E-state index in [1.807, 2.05) is 31.2 Å². The van der Waals surface area contributed by atoms with Gasteiger partial charge in [0.05, 0.1) is 14.7 Å². The van der Waals surface area contributed by atoms with Gasteiger partial charge in [-0.25, -0.2) is 0 Å². The molecule has 3 aromatic carbocycles. The van der Waals surface area contributed by atoms with Crippen LogP contribution in [0.2, 0.25) is 5.02 Å². The van der Waals surface area contributed by atoms with Crippen LogP contribution in [-0.4, -0.2) is 33.4 Å². The molecule has 0 aromatic heterocycles. The zero-order chi connectivity index (χ0) is 26.7. The molecule has 0 unspecified atom stereocenters. The minimum Gasteiger partial charge on any atom is -0.324 e. The van der Waals surface area contributed by atoms with E-state index in [0.717, 1.165) is 20.9 Å². The van der Waals surface area contributed by atoms with Gasteiger partial charge in [0.15, 0.2) is 0 Å². The van der Waals surface area contributed by atoms with Crippen LogP contribution in [0.25, 0.3) is 6.08 Å². The van der Waals surface area contributed by atoms with E-state index in [-0.39, 0.29) is 10.6 Å². The molecule has 188 valence electrons. The van der Waals surface area contributed by atoms with Crippen molar-refractivity contribution in [1.29, 1.82) is 0 Å². The van der Waals surface area contributed by atoms with Gasteiger partial charge < -0.3 is 5.32 Å². The lowest BCUT2D eigenvalue weighted by Gasteiger charge is -2.13. The molecule has 11 heteroatoms. The van der Waals surface area contributed by atoms with E-state index in [2.05, 4.69) is 5.32 Å². The third-order valence-electron chi connectivity index (χ3n) is 5.38. The van der Waals surface area contributed by atoms with Crippen molar-refractivity contribution < 1.29 is 19.3 Å². The first-order valence-corrected chi connectivity index (χ1v) is 13.0. The van der Waals surface area contributed by atoms with Crippen molar-refractivity contribution in [2.75, 3.05) is 11.9 Å². The standard InChI is InChI=1S/C26H20ClN3O5S2/c1-15-3-8-19(9-4-15)36-22-10-6-17(11-21(22)30(34)35)12-23-25(32)29(26(33)37-23)14-24(31)28-20-13-18(27)7-5-16(20)2/h3-13H,14H2,1-2H3,(H,28,31). The lowest BCUT2D eigenvalue weighted by molar-refractivity contribution is -0.387. The Bertz CT molecular complexity index is 1460. The van der Waals surface area contributed by atoms with E-state index < -0.39 is 28.5 Å². The number of nitro groups is 1. The first-order chi connectivity index (χ1) is 17.6. The van der Waals surface area contributed by atoms with Gasteiger partial charge in [-0.3, -0.25) is 29.4 Å². The van der Waals surface area contributed by atoms with Crippen LogP contribution in [0, 0.1) is 24.0 Å². The van der Waals surface area contributed by atoms with Crippen LogP contribution in [0.1, 0.15) is 16.7 Å². The second kappa shape index (κ2) is 11.2. The van der Waals surface area contributed by atoms with Crippen molar-refractivity contribution >= 4 is 69.6 Å². The lowest BCUT2D eigenvalue weighted by Crippen LogP contribution is -2.36. The van der Waals surface area contributed by atoms with Crippen LogP contribution >= 0.6 is 35.1 Å². The zero-order valence-corrected chi connectivity index (χ0v) is 22.1. The van der Waals surface area contributed by atoms with Gasteiger partial charge in [-0.1, -0.05) is 53.2 Å². The Kier molecular flexibility index (Phi) is 8.01. The Balaban J connectivity index is 1.50. The summed E-state index contributed by atoms with van der Waals surface area (Å²) in [5, 5.41) is 14.2. The smallest absolute Gasteiger partial charge is 0.294 e. The number of halogens is 1. The third kappa shape index (κ3) is 6.40. The number of hydrogen-bond acceptors (Lipinski definition) is 7. The summed E-state index contributed by atoms with van der Waals surface area (Å²) in [6, 6.07) is 17.2. The van der Waals surface area contributed by atoms with E-state index in [4.69, 9.17) is 11.6 Å². The maximum Gasteiger partial charge on any atom is 0.294 e. The van der Waals surface area contributed by atoms with Crippen molar-refractivity contribution in [2.45, 2.75) is 23.6 Å². The van der Waals surface area contributed by atoms with Crippen molar-refractivity contribution in [3.8, 4) is 0 Å². The van der Waals surface area contributed by atoms with Crippen LogP contribution in [0.4, 0.5) is 16.2 Å². The Hall–Kier alpha value is -3.60. The van der Waals surface area contributed by atoms with E-state index in [0.29, 0.717) is 32.9 Å². The van der Waals surface area contributed by atoms with Crippen molar-refractivity contribution in [1.82, 2.24) is 4.90 Å². The van der Waals surface area contributed by atoms with Crippen LogP contribution in [0.3, 0.4) is 0 Å². The summed E-state index contributed by atoms with van der Waals surface area (Å²) in [6.07, 6.45) is 1.41. The van der Waals surface area contributed by atoms with Crippen LogP contribution in [0.5, 0.6) is 0 Å². The van der Waals surface area contributed by atoms with E-state index >= 15 is 0 Å². The second-order valence-electron chi connectivity index (χ2n) is 8.17. The number of carbonyl (C=O) groups is 3. The summed E-state index contributed by atoms with van der Waals surface area (Å²) >= 11 is 7.91. The van der Waals surface area contributed by atoms with Gasteiger partial charge >= 0.3 is 0 Å². The number of anilines is 1. The molecule has 1 saturated heterocycles. The molecular weight excluding hydrogens is 534 g/mol. The third-order valence-corrected chi connectivity index (χ3v) is 7.59. The minimum atomic E-state index is -0.645. The molecule has 0 atom stereocenters. The fourth-order valence-corrected chi connectivity index (χ4v) is 5.35. The van der Waals surface area contributed by atoms with Gasteiger partial charge in [0, 0.05) is 21.7 Å². The number of carbonyl (C=O) groups excluding carboxylic acids is 3. The molecule has 0 bridgehead atoms. The maximum atomic E-state index is 12.9. The maximum absolute atomic E-state index is 12.9. The molecular formula is C26H20ClN3O5S2. The van der Waals surface area contributed by atoms with Crippen molar-refractivity contribution in [3.63, 3.8) is 0 Å². The fraction of sp³-hybridized carbons (Fsp3) is 0.115. The van der Waals surface area contributed by atoms with Gasteiger partial charge in [0.25, 0.3) is 16.8 Å². The van der Waals surface area contributed by atoms with Crippen LogP contribution in [-0.2, 0) is 9.59 Å². The normalized spacial score (nSPS) is 14.4. The topological polar surface area (TPSA) is 110 Å². The molecule has 0 aliphatic carbocycles. The molecule has 1 aliphatic rings. The molecule has 3 amide bonds. The Morgan fingerprint density at radius 1 is 1.11 bits per heavy atom. The molecule has 0 saturated carbocycles. The summed E-state index contributed by atoms with van der Waals surface area (Å²) in [7, 11) is 0. The van der Waals surface area contributed by atoms with E-state index in [1.54, 1.807) is 37.3 Å². The number of hydrogen-bond donors (Lipinski definition) is 1. The van der Waals surface area contributed by atoms with Gasteiger partial charge in [-0.2, -0.15) is 0 Å². The average molecular weight is 554 g/mol. The molecule has 4 rings (SSSR count). The molecule has 1 N–H and O–H groups in total. The predicted octanol–water partition coefficient (Wildman–Crippen LogP) is 6.69. The van der Waals surface area contributed by atoms with Crippen LogP contribution in [0.15, 0.2) is 75.4 Å². The molecule has 3 aromatic rings. The Labute approximate surface area is 226 Å². The summed E-state index contributed by atoms with van der Waals surface area (Å²) in [6.45, 7) is 3.28. The first kappa shape index (κ1) is 26.5. The van der Waals surface area contributed by atoms with Crippen molar-refractivity contribution in [2.24, 2.45) is 0 Å². The van der Waals surface area contributed by atoms with E-state index in [9.17, 15) is 24.5 Å². The first-order valence-electron chi connectivity index (χ1n) is 10.9. The fourth-order valence-electron chi connectivity index (χ4n) is 3.44. The van der Waals surface area contributed by atoms with Gasteiger partial charge in [0.2, 0.25) is 5.91 Å². The zero-order valence-electron chi connectivity index (χ0n) is 19.7. The predicted molar refractivity (Wildman–Crippen MR) is 146 cm³/mol. The molecule has 1 heterocycles. The molecule has 1 fully saturated rings. The van der Waals surface area contributed by atoms with Gasteiger partial charge in [-0.05, 0) is 73.1 Å². The highest BCUT2D eigenvalue weighted by atomic mass is 35.5.